The summed E-state index contributed by atoms with van der Waals surface area (Å²) in [4.78, 5) is 11.2. The van der Waals surface area contributed by atoms with Gasteiger partial charge in [0.1, 0.15) is 0 Å². The Balaban J connectivity index is 2.93. The van der Waals surface area contributed by atoms with Gasteiger partial charge in [0, 0.05) is 23.7 Å². The number of halogens is 1. The highest BCUT2D eigenvalue weighted by atomic mass is 35.5. The fraction of sp³-hybridized carbons (Fsp3) is 0.300. The minimum atomic E-state index is -0.0398. The van der Waals surface area contributed by atoms with Crippen molar-refractivity contribution < 1.29 is 4.79 Å². The summed E-state index contributed by atoms with van der Waals surface area (Å²) in [6.45, 7) is 2.18. The standard InChI is InChI=1S/C10H13ClN2O/c1-2-10(14)13-9-5-8(11)4-3-7(9)6-12/h3-5H,2,6,12H2,1H3,(H,13,14). The van der Waals surface area contributed by atoms with Gasteiger partial charge >= 0.3 is 0 Å². The molecule has 0 unspecified atom stereocenters. The molecule has 3 N–H and O–H groups in total. The second kappa shape index (κ2) is 4.98. The van der Waals surface area contributed by atoms with E-state index in [1.165, 1.54) is 0 Å². The minimum Gasteiger partial charge on any atom is -0.326 e. The molecule has 0 radical (unpaired) electrons. The molecule has 76 valence electrons. The molecule has 1 amide bonds. The van der Waals surface area contributed by atoms with Crippen LogP contribution >= 0.6 is 11.6 Å². The highest BCUT2D eigenvalue weighted by Gasteiger charge is 2.04. The maximum absolute atomic E-state index is 11.2. The molecule has 0 spiro atoms. The fourth-order valence-electron chi connectivity index (χ4n) is 1.08. The molecule has 0 aliphatic rings. The summed E-state index contributed by atoms with van der Waals surface area (Å²) < 4.78 is 0. The van der Waals surface area contributed by atoms with Crippen molar-refractivity contribution in [2.75, 3.05) is 5.32 Å². The zero-order chi connectivity index (χ0) is 10.6. The predicted octanol–water partition coefficient (Wildman–Crippen LogP) is 2.15. The number of nitrogens with one attached hydrogen (secondary N) is 1. The summed E-state index contributed by atoms with van der Waals surface area (Å²) >= 11 is 5.81. The highest BCUT2D eigenvalue weighted by Crippen LogP contribution is 2.20. The Morgan fingerprint density at radius 3 is 2.86 bits per heavy atom. The van der Waals surface area contributed by atoms with Gasteiger partial charge in [-0.2, -0.15) is 0 Å². The summed E-state index contributed by atoms with van der Waals surface area (Å²) in [5.41, 5.74) is 7.11. The van der Waals surface area contributed by atoms with Crippen molar-refractivity contribution in [2.45, 2.75) is 19.9 Å². The second-order valence-electron chi connectivity index (χ2n) is 2.91. The predicted molar refractivity (Wildman–Crippen MR) is 58.3 cm³/mol. The van der Waals surface area contributed by atoms with E-state index in [2.05, 4.69) is 5.32 Å². The Kier molecular flexibility index (Phi) is 3.92. The maximum atomic E-state index is 11.2. The third-order valence-electron chi connectivity index (χ3n) is 1.89. The normalized spacial score (nSPS) is 9.93. The highest BCUT2D eigenvalue weighted by molar-refractivity contribution is 6.31. The van der Waals surface area contributed by atoms with Crippen LogP contribution in [0.4, 0.5) is 5.69 Å². The minimum absolute atomic E-state index is 0.0398. The average molecular weight is 213 g/mol. The third-order valence-corrected chi connectivity index (χ3v) is 2.12. The molecule has 0 aromatic heterocycles. The number of rotatable bonds is 3. The number of anilines is 1. The van der Waals surface area contributed by atoms with Gasteiger partial charge in [0.2, 0.25) is 5.91 Å². The number of carbonyl (C=O) groups excluding carboxylic acids is 1. The zero-order valence-electron chi connectivity index (χ0n) is 8.01. The lowest BCUT2D eigenvalue weighted by molar-refractivity contribution is -0.115. The number of carbonyl (C=O) groups is 1. The van der Waals surface area contributed by atoms with E-state index in [1.807, 2.05) is 6.07 Å². The molecule has 1 rings (SSSR count). The van der Waals surface area contributed by atoms with Gasteiger partial charge in [-0.15, -0.1) is 0 Å². The quantitative estimate of drug-likeness (QED) is 0.807. The first-order valence-electron chi connectivity index (χ1n) is 4.45. The van der Waals surface area contributed by atoms with Gasteiger partial charge in [0.25, 0.3) is 0 Å². The molecule has 0 aliphatic heterocycles. The van der Waals surface area contributed by atoms with E-state index in [0.29, 0.717) is 23.7 Å². The van der Waals surface area contributed by atoms with E-state index in [1.54, 1.807) is 19.1 Å². The molecule has 0 saturated heterocycles. The average Bonchev–Trinajstić information content (AvgIpc) is 2.18. The molecular weight excluding hydrogens is 200 g/mol. The molecule has 0 heterocycles. The van der Waals surface area contributed by atoms with Crippen molar-refractivity contribution in [1.82, 2.24) is 0 Å². The van der Waals surface area contributed by atoms with E-state index in [4.69, 9.17) is 17.3 Å². The van der Waals surface area contributed by atoms with Crippen molar-refractivity contribution >= 4 is 23.2 Å². The maximum Gasteiger partial charge on any atom is 0.224 e. The largest absolute Gasteiger partial charge is 0.326 e. The van der Waals surface area contributed by atoms with Gasteiger partial charge < -0.3 is 11.1 Å². The smallest absolute Gasteiger partial charge is 0.224 e. The van der Waals surface area contributed by atoms with Crippen LogP contribution in [-0.4, -0.2) is 5.91 Å². The lowest BCUT2D eigenvalue weighted by Gasteiger charge is -2.09. The lowest BCUT2D eigenvalue weighted by Crippen LogP contribution is -2.12. The van der Waals surface area contributed by atoms with Crippen LogP contribution in [0.2, 0.25) is 5.02 Å². The molecule has 3 nitrogen and oxygen atoms in total. The number of amides is 1. The van der Waals surface area contributed by atoms with E-state index in [0.717, 1.165) is 5.56 Å². The molecule has 0 fully saturated rings. The van der Waals surface area contributed by atoms with Crippen molar-refractivity contribution in [3.05, 3.63) is 28.8 Å². The molecule has 1 aromatic carbocycles. The van der Waals surface area contributed by atoms with Crippen LogP contribution in [0.25, 0.3) is 0 Å². The first-order chi connectivity index (χ1) is 6.67. The molecule has 14 heavy (non-hydrogen) atoms. The van der Waals surface area contributed by atoms with Crippen LogP contribution in [0, 0.1) is 0 Å². The number of hydrogen-bond acceptors (Lipinski definition) is 2. The van der Waals surface area contributed by atoms with E-state index in [-0.39, 0.29) is 5.91 Å². The Hall–Kier alpha value is -1.06. The summed E-state index contributed by atoms with van der Waals surface area (Å²) in [6.07, 6.45) is 0.441. The van der Waals surface area contributed by atoms with Crippen LogP contribution in [0.5, 0.6) is 0 Å². The van der Waals surface area contributed by atoms with Gasteiger partial charge in [0.05, 0.1) is 0 Å². The molecular formula is C10H13ClN2O. The second-order valence-corrected chi connectivity index (χ2v) is 3.34. The first kappa shape index (κ1) is 11.0. The Labute approximate surface area is 88.2 Å². The van der Waals surface area contributed by atoms with E-state index < -0.39 is 0 Å². The van der Waals surface area contributed by atoms with Gasteiger partial charge in [-0.1, -0.05) is 24.6 Å². The number of hydrogen-bond donors (Lipinski definition) is 2. The molecule has 0 saturated carbocycles. The summed E-state index contributed by atoms with van der Waals surface area (Å²) in [7, 11) is 0. The van der Waals surface area contributed by atoms with Crippen molar-refractivity contribution in [3.8, 4) is 0 Å². The molecule has 0 atom stereocenters. The van der Waals surface area contributed by atoms with Crippen molar-refractivity contribution in [1.29, 1.82) is 0 Å². The Bertz CT molecular complexity index is 339. The third kappa shape index (κ3) is 2.72. The van der Waals surface area contributed by atoms with E-state index >= 15 is 0 Å². The van der Waals surface area contributed by atoms with Crippen LogP contribution < -0.4 is 11.1 Å². The fourth-order valence-corrected chi connectivity index (χ4v) is 1.25. The number of nitrogens with two attached hydrogens (primary N) is 1. The topological polar surface area (TPSA) is 55.1 Å². The molecule has 4 heteroatoms. The summed E-state index contributed by atoms with van der Waals surface area (Å²) in [6, 6.07) is 5.27. The van der Waals surface area contributed by atoms with Gasteiger partial charge in [-0.25, -0.2) is 0 Å². The lowest BCUT2D eigenvalue weighted by atomic mass is 10.1. The first-order valence-corrected chi connectivity index (χ1v) is 4.83. The SMILES string of the molecule is CCC(=O)Nc1cc(Cl)ccc1CN. The summed E-state index contributed by atoms with van der Waals surface area (Å²) in [5.74, 6) is -0.0398. The molecule has 0 aliphatic carbocycles. The van der Waals surface area contributed by atoms with Gasteiger partial charge in [-0.05, 0) is 17.7 Å². The van der Waals surface area contributed by atoms with Crippen LogP contribution in [-0.2, 0) is 11.3 Å². The van der Waals surface area contributed by atoms with Crippen molar-refractivity contribution in [3.63, 3.8) is 0 Å². The van der Waals surface area contributed by atoms with Crippen LogP contribution in [0.3, 0.4) is 0 Å². The summed E-state index contributed by atoms with van der Waals surface area (Å²) in [5, 5.41) is 3.34. The Morgan fingerprint density at radius 1 is 1.57 bits per heavy atom. The zero-order valence-corrected chi connectivity index (χ0v) is 8.77. The molecule has 1 aromatic rings. The van der Waals surface area contributed by atoms with E-state index in [9.17, 15) is 4.79 Å². The van der Waals surface area contributed by atoms with Crippen LogP contribution in [0.1, 0.15) is 18.9 Å². The van der Waals surface area contributed by atoms with Crippen LogP contribution in [0.15, 0.2) is 18.2 Å². The van der Waals surface area contributed by atoms with Gasteiger partial charge in [-0.3, -0.25) is 4.79 Å². The monoisotopic (exact) mass is 212 g/mol. The Morgan fingerprint density at radius 2 is 2.29 bits per heavy atom. The number of benzene rings is 1. The molecule has 0 bridgehead atoms. The van der Waals surface area contributed by atoms with Gasteiger partial charge in [0.15, 0.2) is 0 Å². The van der Waals surface area contributed by atoms with Crippen molar-refractivity contribution in [2.24, 2.45) is 5.73 Å².